The zero-order valence-corrected chi connectivity index (χ0v) is 13.8. The van der Waals surface area contributed by atoms with E-state index < -0.39 is 0 Å². The van der Waals surface area contributed by atoms with E-state index in [0.717, 1.165) is 27.9 Å². The summed E-state index contributed by atoms with van der Waals surface area (Å²) in [4.78, 5) is 8.69. The van der Waals surface area contributed by atoms with E-state index in [1.165, 1.54) is 0 Å². The van der Waals surface area contributed by atoms with Crippen LogP contribution in [0, 0.1) is 6.92 Å². The van der Waals surface area contributed by atoms with Gasteiger partial charge in [0, 0.05) is 28.2 Å². The summed E-state index contributed by atoms with van der Waals surface area (Å²) in [6.07, 6.45) is 0.733. The molecule has 106 valence electrons. The Morgan fingerprint density at radius 3 is 2.70 bits per heavy atom. The van der Waals surface area contributed by atoms with Gasteiger partial charge in [0.05, 0.1) is 7.11 Å². The molecule has 2 aromatic rings. The third-order valence-corrected chi connectivity index (χ3v) is 3.64. The van der Waals surface area contributed by atoms with Crippen LogP contribution in [0.2, 0.25) is 5.15 Å². The van der Waals surface area contributed by atoms with Gasteiger partial charge in [0.1, 0.15) is 22.5 Å². The van der Waals surface area contributed by atoms with Gasteiger partial charge in [-0.1, -0.05) is 34.5 Å². The lowest BCUT2D eigenvalue weighted by molar-refractivity contribution is 0.415. The Labute approximate surface area is 131 Å². The summed E-state index contributed by atoms with van der Waals surface area (Å²) in [7, 11) is 1.63. The molecule has 0 aliphatic heterocycles. The molecule has 6 heteroatoms. The molecular weight excluding hydrogens is 342 g/mol. The Kier molecular flexibility index (Phi) is 4.83. The summed E-state index contributed by atoms with van der Waals surface area (Å²) in [6.45, 7) is 3.88. The first kappa shape index (κ1) is 15.1. The fourth-order valence-electron chi connectivity index (χ4n) is 1.70. The molecule has 0 saturated heterocycles. The summed E-state index contributed by atoms with van der Waals surface area (Å²) in [5.41, 5.74) is 1.69. The second-order valence-electron chi connectivity index (χ2n) is 4.26. The molecule has 0 fully saturated rings. The number of ether oxygens (including phenoxy) is 1. The van der Waals surface area contributed by atoms with E-state index in [0.29, 0.717) is 16.8 Å². The normalized spacial score (nSPS) is 10.4. The number of hydrogen-bond acceptors (Lipinski definition) is 4. The van der Waals surface area contributed by atoms with Crippen molar-refractivity contribution in [1.82, 2.24) is 9.97 Å². The second-order valence-corrected chi connectivity index (χ2v) is 5.54. The molecule has 0 spiro atoms. The molecule has 1 N–H and O–H groups in total. The molecule has 0 amide bonds. The van der Waals surface area contributed by atoms with Crippen LogP contribution in [0.4, 0.5) is 11.5 Å². The quantitative estimate of drug-likeness (QED) is 0.818. The van der Waals surface area contributed by atoms with Gasteiger partial charge in [-0.3, -0.25) is 0 Å². The molecule has 20 heavy (non-hydrogen) atoms. The first-order chi connectivity index (χ1) is 9.53. The van der Waals surface area contributed by atoms with Crippen LogP contribution in [0.25, 0.3) is 0 Å². The van der Waals surface area contributed by atoms with Gasteiger partial charge in [-0.05, 0) is 19.1 Å². The average molecular weight is 357 g/mol. The summed E-state index contributed by atoms with van der Waals surface area (Å²) < 4.78 is 6.17. The van der Waals surface area contributed by atoms with Gasteiger partial charge in [0.15, 0.2) is 0 Å². The van der Waals surface area contributed by atoms with Crippen LogP contribution in [0.5, 0.6) is 5.75 Å². The minimum atomic E-state index is 0.473. The Morgan fingerprint density at radius 2 is 2.05 bits per heavy atom. The van der Waals surface area contributed by atoms with Crippen molar-refractivity contribution in [3.05, 3.63) is 39.2 Å². The van der Waals surface area contributed by atoms with Crippen molar-refractivity contribution >= 4 is 39.0 Å². The molecule has 0 atom stereocenters. The lowest BCUT2D eigenvalue weighted by Gasteiger charge is -2.12. The van der Waals surface area contributed by atoms with E-state index in [4.69, 9.17) is 16.3 Å². The summed E-state index contributed by atoms with van der Waals surface area (Å²) in [6, 6.07) is 5.73. The zero-order valence-electron chi connectivity index (χ0n) is 11.5. The predicted octanol–water partition coefficient (Wildman–Crippen LogP) is 4.52. The Morgan fingerprint density at radius 1 is 1.30 bits per heavy atom. The molecule has 0 saturated carbocycles. The van der Waals surface area contributed by atoms with E-state index in [1.807, 2.05) is 32.0 Å². The van der Waals surface area contributed by atoms with Gasteiger partial charge in [0.2, 0.25) is 0 Å². The van der Waals surface area contributed by atoms with Crippen LogP contribution in [-0.4, -0.2) is 17.1 Å². The number of hydrogen-bond donors (Lipinski definition) is 1. The highest BCUT2D eigenvalue weighted by Crippen LogP contribution is 2.28. The predicted molar refractivity (Wildman–Crippen MR) is 85.1 cm³/mol. The maximum Gasteiger partial charge on any atom is 0.138 e. The van der Waals surface area contributed by atoms with Gasteiger partial charge in [0.25, 0.3) is 0 Å². The van der Waals surface area contributed by atoms with Crippen LogP contribution in [0.3, 0.4) is 0 Å². The first-order valence-corrected chi connectivity index (χ1v) is 7.35. The molecule has 0 aliphatic carbocycles. The largest absolute Gasteiger partial charge is 0.497 e. The highest BCUT2D eigenvalue weighted by atomic mass is 79.9. The first-order valence-electron chi connectivity index (χ1n) is 6.18. The van der Waals surface area contributed by atoms with Crippen molar-refractivity contribution in [3.63, 3.8) is 0 Å². The summed E-state index contributed by atoms with van der Waals surface area (Å²) in [5.74, 6) is 2.18. The standard InChI is InChI=1S/C14H15BrClN3O/c1-4-12-18-13(16)8(2)14(19-12)17-10-5-9(15)6-11(7-10)20-3/h5-7H,4H2,1-3H3,(H,17,18,19). The SMILES string of the molecule is CCc1nc(Cl)c(C)c(Nc2cc(Br)cc(OC)c2)n1. The van der Waals surface area contributed by atoms with Gasteiger partial charge in [-0.15, -0.1) is 0 Å². The van der Waals surface area contributed by atoms with E-state index in [9.17, 15) is 0 Å². The van der Waals surface area contributed by atoms with Gasteiger partial charge >= 0.3 is 0 Å². The molecule has 4 nitrogen and oxygen atoms in total. The molecule has 1 aromatic heterocycles. The molecule has 0 bridgehead atoms. The average Bonchev–Trinajstić information content (AvgIpc) is 2.42. The number of methoxy groups -OCH3 is 1. The molecule has 1 aromatic carbocycles. The minimum absolute atomic E-state index is 0.473. The van der Waals surface area contributed by atoms with Crippen molar-refractivity contribution in [2.75, 3.05) is 12.4 Å². The van der Waals surface area contributed by atoms with Crippen LogP contribution in [0.1, 0.15) is 18.3 Å². The van der Waals surface area contributed by atoms with Crippen LogP contribution in [0.15, 0.2) is 22.7 Å². The van der Waals surface area contributed by atoms with Crippen molar-refractivity contribution in [3.8, 4) is 5.75 Å². The minimum Gasteiger partial charge on any atom is -0.497 e. The maximum absolute atomic E-state index is 6.13. The number of rotatable bonds is 4. The molecular formula is C14H15BrClN3O. The zero-order chi connectivity index (χ0) is 14.7. The molecule has 0 radical (unpaired) electrons. The number of benzene rings is 1. The number of nitrogens with one attached hydrogen (secondary N) is 1. The fourth-order valence-corrected chi connectivity index (χ4v) is 2.36. The topological polar surface area (TPSA) is 47.0 Å². The number of anilines is 2. The number of nitrogens with zero attached hydrogens (tertiary/aromatic N) is 2. The number of aromatic nitrogens is 2. The third kappa shape index (κ3) is 3.41. The van der Waals surface area contributed by atoms with Crippen LogP contribution in [-0.2, 0) is 6.42 Å². The molecule has 2 rings (SSSR count). The van der Waals surface area contributed by atoms with Crippen molar-refractivity contribution < 1.29 is 4.74 Å². The number of halogens is 2. The maximum atomic E-state index is 6.13. The Bertz CT molecular complexity index is 634. The van der Waals surface area contributed by atoms with E-state index >= 15 is 0 Å². The molecule has 1 heterocycles. The third-order valence-electron chi connectivity index (χ3n) is 2.82. The highest BCUT2D eigenvalue weighted by molar-refractivity contribution is 9.10. The Balaban J connectivity index is 2.39. The Hall–Kier alpha value is -1.33. The fraction of sp³-hybridized carbons (Fsp3) is 0.286. The molecule has 0 aliphatic rings. The van der Waals surface area contributed by atoms with Crippen molar-refractivity contribution in [2.45, 2.75) is 20.3 Å². The van der Waals surface area contributed by atoms with Crippen molar-refractivity contribution in [1.29, 1.82) is 0 Å². The van der Waals surface area contributed by atoms with Crippen LogP contribution >= 0.6 is 27.5 Å². The number of aryl methyl sites for hydroxylation is 1. The van der Waals surface area contributed by atoms with Crippen molar-refractivity contribution in [2.24, 2.45) is 0 Å². The summed E-state index contributed by atoms with van der Waals surface area (Å²) >= 11 is 9.58. The second kappa shape index (κ2) is 6.41. The molecule has 0 unspecified atom stereocenters. The summed E-state index contributed by atoms with van der Waals surface area (Å²) in [5, 5.41) is 3.73. The highest BCUT2D eigenvalue weighted by Gasteiger charge is 2.09. The lowest BCUT2D eigenvalue weighted by Crippen LogP contribution is -2.03. The van der Waals surface area contributed by atoms with E-state index in [1.54, 1.807) is 7.11 Å². The lowest BCUT2D eigenvalue weighted by atomic mass is 10.2. The van der Waals surface area contributed by atoms with E-state index in [2.05, 4.69) is 31.2 Å². The smallest absolute Gasteiger partial charge is 0.138 e. The van der Waals surface area contributed by atoms with Gasteiger partial charge in [-0.2, -0.15) is 0 Å². The van der Waals surface area contributed by atoms with Crippen LogP contribution < -0.4 is 10.1 Å². The monoisotopic (exact) mass is 355 g/mol. The van der Waals surface area contributed by atoms with E-state index in [-0.39, 0.29) is 0 Å². The van der Waals surface area contributed by atoms with Gasteiger partial charge in [-0.25, -0.2) is 9.97 Å². The van der Waals surface area contributed by atoms with Gasteiger partial charge < -0.3 is 10.1 Å².